The average Bonchev–Trinajstić information content (AvgIpc) is 3.45. The van der Waals surface area contributed by atoms with E-state index in [1.807, 2.05) is 48.5 Å². The summed E-state index contributed by atoms with van der Waals surface area (Å²) in [7, 11) is 0. The van der Waals surface area contributed by atoms with Crippen LogP contribution < -0.4 is 15.0 Å². The second kappa shape index (κ2) is 11.1. The molecule has 0 amide bonds. The van der Waals surface area contributed by atoms with Crippen molar-refractivity contribution >= 4 is 11.6 Å². The van der Waals surface area contributed by atoms with Gasteiger partial charge in [-0.3, -0.25) is 9.69 Å². The predicted molar refractivity (Wildman–Crippen MR) is 137 cm³/mol. The number of halogens is 1. The molecule has 0 atom stereocenters. The fourth-order valence-corrected chi connectivity index (χ4v) is 4.66. The highest BCUT2D eigenvalue weighted by molar-refractivity contribution is 6.30. The summed E-state index contributed by atoms with van der Waals surface area (Å²) in [5.41, 5.74) is 2.74. The van der Waals surface area contributed by atoms with E-state index in [2.05, 4.69) is 21.5 Å². The van der Waals surface area contributed by atoms with E-state index in [0.29, 0.717) is 43.8 Å². The van der Waals surface area contributed by atoms with Crippen LogP contribution in [0.2, 0.25) is 5.15 Å². The van der Waals surface area contributed by atoms with Crippen LogP contribution in [-0.2, 0) is 26.2 Å². The maximum absolute atomic E-state index is 11.7. The number of aromatic nitrogens is 3. The third-order valence-corrected chi connectivity index (χ3v) is 6.43. The van der Waals surface area contributed by atoms with Crippen LogP contribution in [0.5, 0.6) is 11.5 Å². The predicted octanol–water partition coefficient (Wildman–Crippen LogP) is 5.26. The van der Waals surface area contributed by atoms with Gasteiger partial charge >= 0.3 is 0 Å². The number of hydrogen-bond donors (Lipinski definition) is 1. The zero-order valence-corrected chi connectivity index (χ0v) is 21.0. The highest BCUT2D eigenvalue weighted by atomic mass is 35.5. The maximum atomic E-state index is 11.7. The van der Waals surface area contributed by atoms with Crippen molar-refractivity contribution in [3.63, 3.8) is 0 Å². The number of nitrogens with zero attached hydrogens (tertiary/aromatic N) is 3. The summed E-state index contributed by atoms with van der Waals surface area (Å²) < 4.78 is 19.0. The average molecular weight is 509 g/mol. The van der Waals surface area contributed by atoms with Crippen molar-refractivity contribution in [2.45, 2.75) is 45.9 Å². The van der Waals surface area contributed by atoms with Gasteiger partial charge in [-0.25, -0.2) is 4.98 Å². The molecule has 4 aromatic rings. The number of benzene rings is 2. The first kappa shape index (κ1) is 24.2. The molecule has 0 spiro atoms. The van der Waals surface area contributed by atoms with Crippen molar-refractivity contribution in [1.82, 2.24) is 19.6 Å². The van der Waals surface area contributed by atoms with E-state index < -0.39 is 0 Å². The lowest BCUT2D eigenvalue weighted by molar-refractivity contribution is 0.170. The van der Waals surface area contributed by atoms with Gasteiger partial charge in [-0.2, -0.15) is 5.16 Å². The molecule has 9 heteroatoms. The van der Waals surface area contributed by atoms with Gasteiger partial charge in [0.1, 0.15) is 19.0 Å². The molecule has 2 aromatic carbocycles. The molecule has 0 unspecified atom stereocenters. The zero-order chi connectivity index (χ0) is 24.9. The molecular weight excluding hydrogens is 480 g/mol. The molecule has 1 aliphatic rings. The largest absolute Gasteiger partial charge is 0.486 e. The number of rotatable bonds is 10. The maximum Gasteiger partial charge on any atom is 0.280 e. The molecule has 0 aliphatic carbocycles. The van der Waals surface area contributed by atoms with Gasteiger partial charge in [-0.05, 0) is 24.1 Å². The van der Waals surface area contributed by atoms with E-state index in [-0.39, 0.29) is 5.56 Å². The Morgan fingerprint density at radius 1 is 1.03 bits per heavy atom. The lowest BCUT2D eigenvalue weighted by Crippen LogP contribution is -2.24. The number of nitrogens with one attached hydrogen (secondary N) is 1. The summed E-state index contributed by atoms with van der Waals surface area (Å²) in [6.07, 6.45) is 2.06. The number of fused-ring (bicyclic) bond motifs is 1. The van der Waals surface area contributed by atoms with Crippen LogP contribution in [0.25, 0.3) is 11.4 Å². The SMILES string of the molecule is CCCCn1c(-c2ccccc2)nc(Cl)c1CN(Cc1ccc2c(c1)OCCO2)Cc1cc(=O)[nH]o1. The van der Waals surface area contributed by atoms with Gasteiger partial charge in [-0.15, -0.1) is 0 Å². The van der Waals surface area contributed by atoms with E-state index >= 15 is 0 Å². The van der Waals surface area contributed by atoms with E-state index in [9.17, 15) is 4.79 Å². The second-order valence-corrected chi connectivity index (χ2v) is 9.20. The topological polar surface area (TPSA) is 85.5 Å². The van der Waals surface area contributed by atoms with Gasteiger partial charge < -0.3 is 18.6 Å². The molecule has 0 saturated heterocycles. The Hall–Kier alpha value is -3.49. The quantitative estimate of drug-likeness (QED) is 0.314. The summed E-state index contributed by atoms with van der Waals surface area (Å²) in [5, 5.41) is 2.86. The third kappa shape index (κ3) is 5.50. The molecule has 0 bridgehead atoms. The van der Waals surface area contributed by atoms with Crippen LogP contribution in [-0.4, -0.2) is 32.8 Å². The van der Waals surface area contributed by atoms with Gasteiger partial charge in [0.25, 0.3) is 5.56 Å². The molecule has 0 fully saturated rings. The van der Waals surface area contributed by atoms with Gasteiger partial charge in [0, 0.05) is 31.3 Å². The van der Waals surface area contributed by atoms with E-state index in [4.69, 9.17) is 30.6 Å². The lowest BCUT2D eigenvalue weighted by Gasteiger charge is -2.24. The van der Waals surface area contributed by atoms with Crippen molar-refractivity contribution in [1.29, 1.82) is 0 Å². The molecule has 0 saturated carbocycles. The van der Waals surface area contributed by atoms with Crippen LogP contribution in [0.4, 0.5) is 0 Å². The van der Waals surface area contributed by atoms with Gasteiger partial charge in [0.2, 0.25) is 0 Å². The number of imidazole rings is 1. The summed E-state index contributed by atoms with van der Waals surface area (Å²) in [5.74, 6) is 2.90. The summed E-state index contributed by atoms with van der Waals surface area (Å²) in [6, 6.07) is 17.5. The standard InChI is InChI=1S/C27H29ClN4O4/c1-2-3-11-32-22(26(28)29-27(32)20-7-5-4-6-8-20)18-31(17-21-15-25(33)30-36-21)16-19-9-10-23-24(14-19)35-13-12-34-23/h4-10,14-15H,2-3,11-13,16-18H2,1H3,(H,30,33). The van der Waals surface area contributed by atoms with Crippen molar-refractivity contribution < 1.29 is 14.0 Å². The van der Waals surface area contributed by atoms with Gasteiger partial charge in [0.05, 0.1) is 12.2 Å². The summed E-state index contributed by atoms with van der Waals surface area (Å²) in [4.78, 5) is 18.6. The van der Waals surface area contributed by atoms with Crippen molar-refractivity contribution in [3.8, 4) is 22.9 Å². The van der Waals surface area contributed by atoms with E-state index in [0.717, 1.165) is 53.5 Å². The highest BCUT2D eigenvalue weighted by Crippen LogP contribution is 2.32. The Morgan fingerprint density at radius 3 is 2.58 bits per heavy atom. The number of unbranched alkanes of at least 4 members (excludes halogenated alkanes) is 1. The van der Waals surface area contributed by atoms with Crippen LogP contribution >= 0.6 is 11.6 Å². The fraction of sp³-hybridized carbons (Fsp3) is 0.333. The number of H-pyrrole nitrogens is 1. The first-order valence-electron chi connectivity index (χ1n) is 12.2. The molecule has 3 heterocycles. The molecule has 188 valence electrons. The lowest BCUT2D eigenvalue weighted by atomic mass is 10.1. The van der Waals surface area contributed by atoms with E-state index in [1.165, 1.54) is 6.07 Å². The Labute approximate surface area is 214 Å². The Kier molecular flexibility index (Phi) is 7.44. The second-order valence-electron chi connectivity index (χ2n) is 8.85. The van der Waals surface area contributed by atoms with Crippen molar-refractivity contribution in [2.24, 2.45) is 0 Å². The Bertz CT molecular complexity index is 1360. The highest BCUT2D eigenvalue weighted by Gasteiger charge is 2.21. The zero-order valence-electron chi connectivity index (χ0n) is 20.2. The third-order valence-electron chi connectivity index (χ3n) is 6.13. The minimum Gasteiger partial charge on any atom is -0.486 e. The molecule has 2 aromatic heterocycles. The summed E-state index contributed by atoms with van der Waals surface area (Å²) in [6.45, 7) is 5.59. The van der Waals surface area contributed by atoms with Crippen molar-refractivity contribution in [2.75, 3.05) is 13.2 Å². The van der Waals surface area contributed by atoms with Crippen LogP contribution in [0.15, 0.2) is 63.9 Å². The van der Waals surface area contributed by atoms with Gasteiger partial charge in [0.15, 0.2) is 22.4 Å². The molecule has 1 N–H and O–H groups in total. The van der Waals surface area contributed by atoms with Crippen molar-refractivity contribution in [3.05, 3.63) is 87.1 Å². The van der Waals surface area contributed by atoms with Gasteiger partial charge in [-0.1, -0.05) is 61.3 Å². The van der Waals surface area contributed by atoms with Crippen LogP contribution in [0.1, 0.15) is 36.8 Å². The molecule has 1 aliphatic heterocycles. The normalized spacial score (nSPS) is 12.9. The Morgan fingerprint density at radius 2 is 1.83 bits per heavy atom. The summed E-state index contributed by atoms with van der Waals surface area (Å²) >= 11 is 6.75. The number of hydrogen-bond acceptors (Lipinski definition) is 6. The molecular formula is C27H29ClN4O4. The van der Waals surface area contributed by atoms with Crippen LogP contribution in [0.3, 0.4) is 0 Å². The fourth-order valence-electron chi connectivity index (χ4n) is 4.42. The molecule has 8 nitrogen and oxygen atoms in total. The monoisotopic (exact) mass is 508 g/mol. The first-order valence-corrected chi connectivity index (χ1v) is 12.6. The number of aromatic amines is 1. The molecule has 5 rings (SSSR count). The molecule has 0 radical (unpaired) electrons. The number of ether oxygens (including phenoxy) is 2. The smallest absolute Gasteiger partial charge is 0.280 e. The first-order chi connectivity index (χ1) is 17.6. The Balaban J connectivity index is 1.48. The minimum absolute atomic E-state index is 0.262. The van der Waals surface area contributed by atoms with Crippen LogP contribution in [0, 0.1) is 0 Å². The molecule has 36 heavy (non-hydrogen) atoms. The minimum atomic E-state index is -0.262. The van der Waals surface area contributed by atoms with E-state index in [1.54, 1.807) is 0 Å².